The summed E-state index contributed by atoms with van der Waals surface area (Å²) in [6.07, 6.45) is 5.28. The van der Waals surface area contributed by atoms with Crippen molar-refractivity contribution in [1.29, 1.82) is 0 Å². The molecule has 7 nitrogen and oxygen atoms in total. The molecule has 3 aromatic rings. The molecular formula is C19H21ClN6O. The third-order valence-corrected chi connectivity index (χ3v) is 4.15. The fraction of sp³-hybridized carbons (Fsp3) is 0.211. The molecule has 0 atom stereocenters. The van der Waals surface area contributed by atoms with Crippen LogP contribution in [-0.2, 0) is 6.54 Å². The fourth-order valence-electron chi connectivity index (χ4n) is 2.57. The Hall–Kier alpha value is -3.06. The summed E-state index contributed by atoms with van der Waals surface area (Å²) >= 11 is 6.04. The van der Waals surface area contributed by atoms with Crippen LogP contribution in [0.15, 0.2) is 55.0 Å². The molecule has 2 heterocycles. The van der Waals surface area contributed by atoms with Gasteiger partial charge in [-0.05, 0) is 36.4 Å². The second-order valence-corrected chi connectivity index (χ2v) is 6.57. The van der Waals surface area contributed by atoms with Gasteiger partial charge in [0, 0.05) is 38.1 Å². The number of halogens is 1. The van der Waals surface area contributed by atoms with E-state index in [4.69, 9.17) is 11.6 Å². The Labute approximate surface area is 163 Å². The lowest BCUT2D eigenvalue weighted by atomic mass is 10.1. The van der Waals surface area contributed by atoms with E-state index in [9.17, 15) is 4.79 Å². The van der Waals surface area contributed by atoms with Gasteiger partial charge in [-0.15, -0.1) is 0 Å². The third kappa shape index (κ3) is 4.98. The molecule has 0 fully saturated rings. The van der Waals surface area contributed by atoms with E-state index in [-0.39, 0.29) is 5.91 Å². The molecule has 0 aliphatic heterocycles. The van der Waals surface area contributed by atoms with Crippen LogP contribution in [0, 0.1) is 0 Å². The summed E-state index contributed by atoms with van der Waals surface area (Å²) in [6.45, 7) is 1.45. The molecule has 0 radical (unpaired) electrons. The Morgan fingerprint density at radius 2 is 2.11 bits per heavy atom. The maximum atomic E-state index is 12.6. The average Bonchev–Trinajstić information content (AvgIpc) is 3.16. The van der Waals surface area contributed by atoms with Crippen LogP contribution in [0.1, 0.15) is 10.4 Å². The van der Waals surface area contributed by atoms with Crippen molar-refractivity contribution in [3.63, 3.8) is 0 Å². The molecule has 3 rings (SSSR count). The summed E-state index contributed by atoms with van der Waals surface area (Å²) in [5.41, 5.74) is 1.92. The van der Waals surface area contributed by atoms with Gasteiger partial charge in [0.1, 0.15) is 5.82 Å². The van der Waals surface area contributed by atoms with Crippen molar-refractivity contribution in [3.8, 4) is 0 Å². The summed E-state index contributed by atoms with van der Waals surface area (Å²) in [5.74, 6) is 0.525. The molecule has 1 amide bonds. The van der Waals surface area contributed by atoms with Gasteiger partial charge < -0.3 is 15.5 Å². The zero-order valence-electron chi connectivity index (χ0n) is 15.2. The number of hydrogen-bond acceptors (Lipinski definition) is 5. The number of aromatic nitrogens is 3. The van der Waals surface area contributed by atoms with Gasteiger partial charge in [-0.25, -0.2) is 4.98 Å². The van der Waals surface area contributed by atoms with Crippen molar-refractivity contribution in [2.75, 3.05) is 36.2 Å². The highest BCUT2D eigenvalue weighted by atomic mass is 35.5. The topological polar surface area (TPSA) is 75.1 Å². The maximum absolute atomic E-state index is 12.6. The minimum Gasteiger partial charge on any atom is -0.377 e. The van der Waals surface area contributed by atoms with Gasteiger partial charge in [-0.1, -0.05) is 11.6 Å². The van der Waals surface area contributed by atoms with Crippen LogP contribution in [0.5, 0.6) is 0 Å². The lowest BCUT2D eigenvalue weighted by Gasteiger charge is -2.17. The van der Waals surface area contributed by atoms with Crippen molar-refractivity contribution in [2.45, 2.75) is 6.54 Å². The zero-order valence-corrected chi connectivity index (χ0v) is 15.9. The van der Waals surface area contributed by atoms with Crippen LogP contribution in [0.4, 0.5) is 17.2 Å². The molecule has 0 saturated heterocycles. The Morgan fingerprint density at radius 1 is 1.26 bits per heavy atom. The molecule has 27 heavy (non-hydrogen) atoms. The van der Waals surface area contributed by atoms with Gasteiger partial charge in [0.05, 0.1) is 29.7 Å². The second kappa shape index (κ2) is 8.55. The minimum atomic E-state index is -0.212. The van der Waals surface area contributed by atoms with E-state index in [2.05, 4.69) is 20.7 Å². The number of carbonyl (C=O) groups excluding carboxylic acids is 1. The Bertz CT molecular complexity index is 893. The Morgan fingerprint density at radius 3 is 2.78 bits per heavy atom. The number of hydrogen-bond donors (Lipinski definition) is 2. The van der Waals surface area contributed by atoms with E-state index in [0.717, 1.165) is 18.1 Å². The zero-order chi connectivity index (χ0) is 19.2. The molecule has 0 unspecified atom stereocenters. The number of amides is 1. The molecule has 1 aromatic carbocycles. The van der Waals surface area contributed by atoms with Crippen LogP contribution in [0.2, 0.25) is 5.02 Å². The van der Waals surface area contributed by atoms with Crippen LogP contribution < -0.4 is 15.5 Å². The van der Waals surface area contributed by atoms with Crippen molar-refractivity contribution in [3.05, 3.63) is 65.6 Å². The number of carbonyl (C=O) groups is 1. The summed E-state index contributed by atoms with van der Waals surface area (Å²) in [6, 6.07) is 10.7. The first kappa shape index (κ1) is 18.7. The number of nitrogens with one attached hydrogen (secondary N) is 2. The monoisotopic (exact) mass is 384 g/mol. The molecule has 8 heteroatoms. The van der Waals surface area contributed by atoms with Gasteiger partial charge in [-0.3, -0.25) is 9.48 Å². The average molecular weight is 385 g/mol. The number of benzene rings is 1. The molecular weight excluding hydrogens is 364 g/mol. The van der Waals surface area contributed by atoms with Gasteiger partial charge in [0.15, 0.2) is 0 Å². The van der Waals surface area contributed by atoms with Gasteiger partial charge >= 0.3 is 0 Å². The van der Waals surface area contributed by atoms with Crippen molar-refractivity contribution < 1.29 is 4.79 Å². The van der Waals surface area contributed by atoms with Crippen molar-refractivity contribution in [2.24, 2.45) is 0 Å². The first-order chi connectivity index (χ1) is 13.0. The van der Waals surface area contributed by atoms with E-state index >= 15 is 0 Å². The van der Waals surface area contributed by atoms with Crippen LogP contribution in [-0.4, -0.2) is 41.3 Å². The molecule has 0 aliphatic carbocycles. The highest BCUT2D eigenvalue weighted by Gasteiger charge is 2.14. The smallest absolute Gasteiger partial charge is 0.257 e. The van der Waals surface area contributed by atoms with Crippen LogP contribution in [0.25, 0.3) is 0 Å². The van der Waals surface area contributed by atoms with Crippen LogP contribution >= 0.6 is 11.6 Å². The number of anilines is 3. The number of rotatable bonds is 7. The number of pyridine rings is 1. The fourth-order valence-corrected chi connectivity index (χ4v) is 2.74. The first-order valence-electron chi connectivity index (χ1n) is 8.48. The SMILES string of the molecule is CN(C)c1cc(Cl)ccc1C(=O)Nc1ccc(NCCn2cccn2)nc1. The lowest BCUT2D eigenvalue weighted by Crippen LogP contribution is -2.18. The first-order valence-corrected chi connectivity index (χ1v) is 8.86. The van der Waals surface area contributed by atoms with E-state index in [0.29, 0.717) is 22.8 Å². The maximum Gasteiger partial charge on any atom is 0.257 e. The minimum absolute atomic E-state index is 0.212. The van der Waals surface area contributed by atoms with Crippen molar-refractivity contribution >= 4 is 34.7 Å². The van der Waals surface area contributed by atoms with Crippen LogP contribution in [0.3, 0.4) is 0 Å². The van der Waals surface area contributed by atoms with E-state index < -0.39 is 0 Å². The predicted octanol–water partition coefficient (Wildman–Crippen LogP) is 3.36. The normalized spacial score (nSPS) is 10.5. The summed E-state index contributed by atoms with van der Waals surface area (Å²) < 4.78 is 1.84. The summed E-state index contributed by atoms with van der Waals surface area (Å²) in [4.78, 5) is 18.8. The van der Waals surface area contributed by atoms with E-state index in [1.54, 1.807) is 30.6 Å². The number of nitrogens with zero attached hydrogens (tertiary/aromatic N) is 4. The molecule has 2 aromatic heterocycles. The lowest BCUT2D eigenvalue weighted by molar-refractivity contribution is 0.102. The highest BCUT2D eigenvalue weighted by Crippen LogP contribution is 2.24. The predicted molar refractivity (Wildman–Crippen MR) is 109 cm³/mol. The molecule has 0 aliphatic rings. The van der Waals surface area contributed by atoms with E-state index in [1.807, 2.05) is 48.1 Å². The standard InChI is InChI=1S/C19H21ClN6O/c1-25(2)17-12-14(20)4-6-16(17)19(27)24-15-5-7-18(22-13-15)21-9-11-26-10-3-8-23-26/h3-8,10,12-13H,9,11H2,1-2H3,(H,21,22)(H,24,27). The Kier molecular flexibility index (Phi) is 5.93. The summed E-state index contributed by atoms with van der Waals surface area (Å²) in [5, 5.41) is 10.8. The largest absolute Gasteiger partial charge is 0.377 e. The molecule has 0 saturated carbocycles. The second-order valence-electron chi connectivity index (χ2n) is 6.14. The molecule has 2 N–H and O–H groups in total. The van der Waals surface area contributed by atoms with E-state index in [1.165, 1.54) is 0 Å². The summed E-state index contributed by atoms with van der Waals surface area (Å²) in [7, 11) is 3.74. The Balaban J connectivity index is 1.60. The van der Waals surface area contributed by atoms with Gasteiger partial charge in [-0.2, -0.15) is 5.10 Å². The molecule has 0 bridgehead atoms. The molecule has 140 valence electrons. The third-order valence-electron chi connectivity index (χ3n) is 3.91. The highest BCUT2D eigenvalue weighted by molar-refractivity contribution is 6.31. The molecule has 0 spiro atoms. The quantitative estimate of drug-likeness (QED) is 0.653. The van der Waals surface area contributed by atoms with Gasteiger partial charge in [0.25, 0.3) is 5.91 Å². The van der Waals surface area contributed by atoms with Crippen molar-refractivity contribution in [1.82, 2.24) is 14.8 Å². The van der Waals surface area contributed by atoms with Gasteiger partial charge in [0.2, 0.25) is 0 Å².